The van der Waals surface area contributed by atoms with Crippen LogP contribution < -0.4 is 9.64 Å². The molecule has 7 nitrogen and oxygen atoms in total. The molecule has 9 heteroatoms. The van der Waals surface area contributed by atoms with E-state index in [0.717, 1.165) is 18.7 Å². The molecule has 0 saturated carbocycles. The third kappa shape index (κ3) is 4.91. The van der Waals surface area contributed by atoms with Gasteiger partial charge in [-0.3, -0.25) is 9.59 Å². The third-order valence-electron chi connectivity index (χ3n) is 5.03. The Morgan fingerprint density at radius 1 is 1.16 bits per heavy atom. The molecule has 0 radical (unpaired) electrons. The van der Waals surface area contributed by atoms with Crippen molar-refractivity contribution in [3.05, 3.63) is 64.9 Å². The summed E-state index contributed by atoms with van der Waals surface area (Å²) in [5, 5.41) is 9.47. The van der Waals surface area contributed by atoms with E-state index in [0.29, 0.717) is 33.7 Å². The highest BCUT2D eigenvalue weighted by molar-refractivity contribution is 7.99. The van der Waals surface area contributed by atoms with Crippen molar-refractivity contribution in [2.24, 2.45) is 7.05 Å². The molecule has 0 N–H and O–H groups in total. The minimum absolute atomic E-state index is 0.0128. The average molecular weight is 457 g/mol. The van der Waals surface area contributed by atoms with E-state index in [-0.39, 0.29) is 24.1 Å². The maximum Gasteiger partial charge on any atom is 0.227 e. The largest absolute Gasteiger partial charge is 0.484 e. The molecule has 160 valence electrons. The van der Waals surface area contributed by atoms with E-state index in [4.69, 9.17) is 16.3 Å². The zero-order valence-corrected chi connectivity index (χ0v) is 18.5. The molecule has 0 spiro atoms. The van der Waals surface area contributed by atoms with E-state index in [2.05, 4.69) is 10.2 Å². The number of halogens is 1. The summed E-state index contributed by atoms with van der Waals surface area (Å²) in [5.74, 6) is 1.57. The van der Waals surface area contributed by atoms with Crippen LogP contribution in [0.25, 0.3) is 0 Å². The first kappa shape index (κ1) is 21.4. The van der Waals surface area contributed by atoms with E-state index >= 15 is 0 Å². The number of hydrogen-bond acceptors (Lipinski definition) is 6. The fourth-order valence-corrected chi connectivity index (χ4v) is 4.28. The molecule has 0 aliphatic carbocycles. The summed E-state index contributed by atoms with van der Waals surface area (Å²) in [5.41, 5.74) is 1.44. The summed E-state index contributed by atoms with van der Waals surface area (Å²) in [7, 11) is 1.83. The lowest BCUT2D eigenvalue weighted by Gasteiger charge is -2.15. The van der Waals surface area contributed by atoms with E-state index < -0.39 is 0 Å². The van der Waals surface area contributed by atoms with Gasteiger partial charge in [0.1, 0.15) is 12.4 Å². The highest BCUT2D eigenvalue weighted by Gasteiger charge is 2.22. The number of hydrogen-bond donors (Lipinski definition) is 0. The van der Waals surface area contributed by atoms with Gasteiger partial charge in [0, 0.05) is 31.3 Å². The number of nitrogens with zero attached hydrogens (tertiary/aromatic N) is 4. The van der Waals surface area contributed by atoms with E-state index in [1.807, 2.05) is 31.3 Å². The van der Waals surface area contributed by atoms with Gasteiger partial charge in [-0.1, -0.05) is 35.5 Å². The first-order valence-corrected chi connectivity index (χ1v) is 11.2. The molecule has 1 saturated heterocycles. The van der Waals surface area contributed by atoms with Gasteiger partial charge < -0.3 is 14.2 Å². The predicted molar refractivity (Wildman–Crippen MR) is 120 cm³/mol. The fourth-order valence-electron chi connectivity index (χ4n) is 3.26. The molecule has 31 heavy (non-hydrogen) atoms. The van der Waals surface area contributed by atoms with Gasteiger partial charge >= 0.3 is 0 Å². The number of benzene rings is 2. The van der Waals surface area contributed by atoms with E-state index in [1.54, 1.807) is 33.7 Å². The average Bonchev–Trinajstić information content (AvgIpc) is 3.37. The summed E-state index contributed by atoms with van der Waals surface area (Å²) in [4.78, 5) is 26.2. The van der Waals surface area contributed by atoms with Gasteiger partial charge in [0.2, 0.25) is 5.91 Å². The second-order valence-electron chi connectivity index (χ2n) is 7.08. The lowest BCUT2D eigenvalue weighted by atomic mass is 10.1. The molecule has 0 unspecified atom stereocenters. The maximum atomic E-state index is 12.6. The van der Waals surface area contributed by atoms with Gasteiger partial charge in [0.05, 0.1) is 10.8 Å². The number of thioether (sulfide) groups is 1. The SMILES string of the molecule is Cn1c(COc2ccccc2Cl)nnc1SCC(=O)c1ccc(N2CCCC2=O)cc1. The molecule has 1 aliphatic rings. The normalized spacial score (nSPS) is 13.6. The Balaban J connectivity index is 1.33. The lowest BCUT2D eigenvalue weighted by molar-refractivity contribution is -0.117. The summed E-state index contributed by atoms with van der Waals surface area (Å²) in [6, 6.07) is 14.4. The Bertz CT molecular complexity index is 1100. The Morgan fingerprint density at radius 3 is 2.65 bits per heavy atom. The monoisotopic (exact) mass is 456 g/mol. The number of ether oxygens (including phenoxy) is 1. The number of rotatable bonds is 8. The first-order chi connectivity index (χ1) is 15.0. The Morgan fingerprint density at radius 2 is 1.94 bits per heavy atom. The van der Waals surface area contributed by atoms with Crippen LogP contribution in [0.3, 0.4) is 0 Å². The highest BCUT2D eigenvalue weighted by atomic mass is 35.5. The van der Waals surface area contributed by atoms with Crippen molar-refractivity contribution >= 4 is 40.7 Å². The van der Waals surface area contributed by atoms with Crippen molar-refractivity contribution in [2.75, 3.05) is 17.2 Å². The van der Waals surface area contributed by atoms with Gasteiger partial charge in [-0.05, 0) is 42.8 Å². The van der Waals surface area contributed by atoms with Gasteiger partial charge in [0.15, 0.2) is 16.8 Å². The summed E-state index contributed by atoms with van der Waals surface area (Å²) in [6.45, 7) is 0.953. The van der Waals surface area contributed by atoms with Crippen LogP contribution in [0, 0.1) is 0 Å². The van der Waals surface area contributed by atoms with Crippen LogP contribution in [-0.4, -0.2) is 38.8 Å². The zero-order chi connectivity index (χ0) is 21.8. The second kappa shape index (κ2) is 9.53. The molecule has 0 bridgehead atoms. The smallest absolute Gasteiger partial charge is 0.227 e. The zero-order valence-electron chi connectivity index (χ0n) is 17.0. The Hall–Kier alpha value is -2.84. The quantitative estimate of drug-likeness (QED) is 0.374. The number of Topliss-reactive ketones (excluding diaryl/α,β-unsaturated/α-hetero) is 1. The Labute approximate surface area is 189 Å². The molecular formula is C22H21ClN4O3S. The van der Waals surface area contributed by atoms with Crippen LogP contribution in [0.2, 0.25) is 5.02 Å². The first-order valence-electron chi connectivity index (χ1n) is 9.85. The van der Waals surface area contributed by atoms with Crippen molar-refractivity contribution in [1.82, 2.24) is 14.8 Å². The lowest BCUT2D eigenvalue weighted by Crippen LogP contribution is -2.23. The number of para-hydroxylation sites is 1. The van der Waals surface area contributed by atoms with Crippen molar-refractivity contribution in [1.29, 1.82) is 0 Å². The fraction of sp³-hybridized carbons (Fsp3) is 0.273. The molecule has 1 amide bonds. The molecule has 3 aromatic rings. The van der Waals surface area contributed by atoms with Gasteiger partial charge in [-0.2, -0.15) is 0 Å². The molecule has 1 aromatic heterocycles. The van der Waals surface area contributed by atoms with E-state index in [9.17, 15) is 9.59 Å². The van der Waals surface area contributed by atoms with E-state index in [1.165, 1.54) is 11.8 Å². The molecule has 1 aliphatic heterocycles. The molecule has 2 heterocycles. The minimum atomic E-state index is -0.0128. The third-order valence-corrected chi connectivity index (χ3v) is 6.36. The molecule has 4 rings (SSSR count). The van der Waals surface area contributed by atoms with Crippen molar-refractivity contribution < 1.29 is 14.3 Å². The summed E-state index contributed by atoms with van der Waals surface area (Å²) >= 11 is 7.42. The van der Waals surface area contributed by atoms with Crippen LogP contribution in [0.4, 0.5) is 5.69 Å². The number of aromatic nitrogens is 3. The molecule has 1 fully saturated rings. The topological polar surface area (TPSA) is 77.3 Å². The molecule has 0 atom stereocenters. The number of anilines is 1. The predicted octanol–water partition coefficient (Wildman–Crippen LogP) is 4.15. The number of ketones is 1. The van der Waals surface area contributed by atoms with Crippen LogP contribution in [-0.2, 0) is 18.4 Å². The summed E-state index contributed by atoms with van der Waals surface area (Å²) in [6.07, 6.45) is 1.46. The van der Waals surface area contributed by atoms with Crippen LogP contribution in [0.15, 0.2) is 53.7 Å². The number of carbonyl (C=O) groups excluding carboxylic acids is 2. The summed E-state index contributed by atoms with van der Waals surface area (Å²) < 4.78 is 7.52. The van der Waals surface area contributed by atoms with Crippen LogP contribution in [0.1, 0.15) is 29.0 Å². The number of carbonyl (C=O) groups is 2. The van der Waals surface area contributed by atoms with Crippen LogP contribution >= 0.6 is 23.4 Å². The van der Waals surface area contributed by atoms with Crippen molar-refractivity contribution in [3.63, 3.8) is 0 Å². The number of amides is 1. The second-order valence-corrected chi connectivity index (χ2v) is 8.43. The molecule has 2 aromatic carbocycles. The van der Waals surface area contributed by atoms with Gasteiger partial charge in [-0.25, -0.2) is 0 Å². The van der Waals surface area contributed by atoms with Crippen molar-refractivity contribution in [3.8, 4) is 5.75 Å². The molecular weight excluding hydrogens is 436 g/mol. The van der Waals surface area contributed by atoms with Crippen LogP contribution in [0.5, 0.6) is 5.75 Å². The van der Waals surface area contributed by atoms with Gasteiger partial charge in [0.25, 0.3) is 0 Å². The maximum absolute atomic E-state index is 12.6. The van der Waals surface area contributed by atoms with Crippen molar-refractivity contribution in [2.45, 2.75) is 24.6 Å². The minimum Gasteiger partial charge on any atom is -0.484 e. The highest BCUT2D eigenvalue weighted by Crippen LogP contribution is 2.25. The standard InChI is InChI=1S/C22H21ClN4O3S/c1-26-20(13-30-19-6-3-2-5-17(19)23)24-25-22(26)31-14-18(28)15-8-10-16(11-9-15)27-12-4-7-21(27)29/h2-3,5-6,8-11H,4,7,12-14H2,1H3. The Kier molecular flexibility index (Phi) is 6.58. The van der Waals surface area contributed by atoms with Gasteiger partial charge in [-0.15, -0.1) is 10.2 Å².